The molecule has 0 atom stereocenters. The van der Waals surface area contributed by atoms with E-state index in [1.165, 1.54) is 0 Å². The van der Waals surface area contributed by atoms with Crippen LogP contribution in [0.3, 0.4) is 0 Å². The minimum absolute atomic E-state index is 0.0328. The first-order valence-electron chi connectivity index (χ1n) is 7.61. The molecule has 3 aromatic rings. The fourth-order valence-corrected chi connectivity index (χ4v) is 3.36. The average Bonchev–Trinajstić information content (AvgIpc) is 2.96. The first kappa shape index (κ1) is 15.5. The van der Waals surface area contributed by atoms with Crippen molar-refractivity contribution in [2.75, 3.05) is 16.8 Å². The number of carbonyl (C=O) groups excluding carboxylic acids is 1. The van der Waals surface area contributed by atoms with Crippen LogP contribution >= 0.6 is 11.3 Å². The molecule has 2 aromatic carbocycles. The summed E-state index contributed by atoms with van der Waals surface area (Å²) in [5.74, 6) is 0.0328. The van der Waals surface area contributed by atoms with Gasteiger partial charge in [0.05, 0.1) is 16.8 Å². The highest BCUT2D eigenvalue weighted by Gasteiger charge is 2.18. The molecule has 5 heteroatoms. The molecule has 0 aliphatic rings. The molecule has 23 heavy (non-hydrogen) atoms. The van der Waals surface area contributed by atoms with Crippen LogP contribution in [0, 0.1) is 0 Å². The third-order valence-electron chi connectivity index (χ3n) is 3.50. The number of benzene rings is 2. The highest BCUT2D eigenvalue weighted by atomic mass is 32.1. The van der Waals surface area contributed by atoms with Crippen molar-refractivity contribution in [1.82, 2.24) is 4.98 Å². The third-order valence-corrected chi connectivity index (χ3v) is 4.50. The van der Waals surface area contributed by atoms with E-state index in [0.29, 0.717) is 0 Å². The first-order valence-corrected chi connectivity index (χ1v) is 8.43. The molecule has 0 fully saturated rings. The second kappa shape index (κ2) is 6.79. The van der Waals surface area contributed by atoms with E-state index in [1.54, 1.807) is 16.2 Å². The van der Waals surface area contributed by atoms with Gasteiger partial charge in [0.2, 0.25) is 5.91 Å². The molecule has 0 saturated heterocycles. The zero-order valence-electron chi connectivity index (χ0n) is 13.2. The van der Waals surface area contributed by atoms with Gasteiger partial charge in [0.25, 0.3) is 0 Å². The number of hydrogen-bond donors (Lipinski definition) is 1. The largest absolute Gasteiger partial charge is 0.352 e. The maximum absolute atomic E-state index is 12.6. The van der Waals surface area contributed by atoms with Gasteiger partial charge in [0.15, 0.2) is 5.13 Å². The zero-order chi connectivity index (χ0) is 16.2. The van der Waals surface area contributed by atoms with Gasteiger partial charge in [-0.1, -0.05) is 41.7 Å². The van der Waals surface area contributed by atoms with Crippen LogP contribution in [0.15, 0.2) is 54.6 Å². The molecule has 118 valence electrons. The number of para-hydroxylation sites is 2. The first-order chi connectivity index (χ1) is 11.1. The molecule has 4 nitrogen and oxygen atoms in total. The van der Waals surface area contributed by atoms with Gasteiger partial charge in [-0.05, 0) is 38.1 Å². The predicted octanol–water partition coefficient (Wildman–Crippen LogP) is 4.15. The molecule has 0 aliphatic heterocycles. The highest BCUT2D eigenvalue weighted by Crippen LogP contribution is 2.25. The van der Waals surface area contributed by atoms with Crippen LogP contribution in [0.25, 0.3) is 10.2 Å². The van der Waals surface area contributed by atoms with E-state index in [9.17, 15) is 4.79 Å². The number of rotatable bonds is 5. The summed E-state index contributed by atoms with van der Waals surface area (Å²) in [5, 5.41) is 3.93. The number of aromatic nitrogens is 1. The van der Waals surface area contributed by atoms with E-state index < -0.39 is 0 Å². The van der Waals surface area contributed by atoms with E-state index in [4.69, 9.17) is 0 Å². The fraction of sp³-hybridized carbons (Fsp3) is 0.222. The Morgan fingerprint density at radius 3 is 2.52 bits per heavy atom. The Balaban J connectivity index is 1.72. The molecule has 1 aromatic heterocycles. The number of nitrogens with zero attached hydrogens (tertiary/aromatic N) is 2. The Labute approximate surface area is 139 Å². The van der Waals surface area contributed by atoms with Crippen LogP contribution in [-0.4, -0.2) is 23.5 Å². The minimum atomic E-state index is 0.0328. The SMILES string of the molecule is CC(C)N(C(=O)CNc1nc2ccccc2s1)c1ccccc1. The van der Waals surface area contributed by atoms with Gasteiger partial charge in [-0.25, -0.2) is 4.98 Å². The van der Waals surface area contributed by atoms with Crippen LogP contribution in [0.2, 0.25) is 0 Å². The maximum Gasteiger partial charge on any atom is 0.246 e. The molecule has 0 spiro atoms. The molecular weight excluding hydrogens is 306 g/mol. The van der Waals surface area contributed by atoms with Gasteiger partial charge < -0.3 is 10.2 Å². The lowest BCUT2D eigenvalue weighted by Gasteiger charge is -2.27. The number of nitrogens with one attached hydrogen (secondary N) is 1. The number of anilines is 2. The van der Waals surface area contributed by atoms with Crippen molar-refractivity contribution in [2.45, 2.75) is 19.9 Å². The van der Waals surface area contributed by atoms with Crippen LogP contribution in [0.1, 0.15) is 13.8 Å². The van der Waals surface area contributed by atoms with Crippen molar-refractivity contribution in [3.8, 4) is 0 Å². The van der Waals surface area contributed by atoms with E-state index in [1.807, 2.05) is 68.4 Å². The average molecular weight is 325 g/mol. The molecule has 0 bridgehead atoms. The second-order valence-corrected chi connectivity index (χ2v) is 6.56. The van der Waals surface area contributed by atoms with Crippen LogP contribution < -0.4 is 10.2 Å². The molecule has 1 N–H and O–H groups in total. The van der Waals surface area contributed by atoms with E-state index in [0.717, 1.165) is 21.0 Å². The molecule has 1 amide bonds. The Kier molecular flexibility index (Phi) is 4.57. The maximum atomic E-state index is 12.6. The van der Waals surface area contributed by atoms with E-state index >= 15 is 0 Å². The van der Waals surface area contributed by atoms with Gasteiger partial charge in [0, 0.05) is 11.7 Å². The van der Waals surface area contributed by atoms with Crippen molar-refractivity contribution in [3.05, 3.63) is 54.6 Å². The summed E-state index contributed by atoms with van der Waals surface area (Å²) in [6.07, 6.45) is 0. The Morgan fingerprint density at radius 2 is 1.83 bits per heavy atom. The molecule has 0 aliphatic carbocycles. The number of amides is 1. The van der Waals surface area contributed by atoms with Crippen molar-refractivity contribution in [2.24, 2.45) is 0 Å². The van der Waals surface area contributed by atoms with Crippen molar-refractivity contribution < 1.29 is 4.79 Å². The molecule has 0 unspecified atom stereocenters. The summed E-state index contributed by atoms with van der Waals surface area (Å²) in [6, 6.07) is 17.8. The summed E-state index contributed by atoms with van der Waals surface area (Å²) >= 11 is 1.56. The van der Waals surface area contributed by atoms with Crippen molar-refractivity contribution in [3.63, 3.8) is 0 Å². The normalized spacial score (nSPS) is 10.9. The zero-order valence-corrected chi connectivity index (χ0v) is 14.0. The molecule has 0 saturated carbocycles. The lowest BCUT2D eigenvalue weighted by molar-refractivity contribution is -0.117. The van der Waals surface area contributed by atoms with Crippen molar-refractivity contribution >= 4 is 38.3 Å². The summed E-state index contributed by atoms with van der Waals surface area (Å²) < 4.78 is 1.12. The number of hydrogen-bond acceptors (Lipinski definition) is 4. The van der Waals surface area contributed by atoms with E-state index in [2.05, 4.69) is 10.3 Å². The van der Waals surface area contributed by atoms with Crippen LogP contribution in [0.5, 0.6) is 0 Å². The van der Waals surface area contributed by atoms with Gasteiger partial charge in [-0.2, -0.15) is 0 Å². The Morgan fingerprint density at radius 1 is 1.13 bits per heavy atom. The number of carbonyl (C=O) groups is 1. The smallest absolute Gasteiger partial charge is 0.246 e. The van der Waals surface area contributed by atoms with E-state index in [-0.39, 0.29) is 18.5 Å². The van der Waals surface area contributed by atoms with Gasteiger partial charge >= 0.3 is 0 Å². The molecular formula is C18H19N3OS. The summed E-state index contributed by atoms with van der Waals surface area (Å²) in [4.78, 5) is 18.9. The van der Waals surface area contributed by atoms with Gasteiger partial charge in [-0.15, -0.1) is 0 Å². The Bertz CT molecular complexity index is 765. The Hall–Kier alpha value is -2.40. The third kappa shape index (κ3) is 3.51. The summed E-state index contributed by atoms with van der Waals surface area (Å²) in [6.45, 7) is 4.26. The molecule has 0 radical (unpaired) electrons. The highest BCUT2D eigenvalue weighted by molar-refractivity contribution is 7.22. The van der Waals surface area contributed by atoms with Crippen molar-refractivity contribution in [1.29, 1.82) is 0 Å². The number of thiazole rings is 1. The van der Waals surface area contributed by atoms with Gasteiger partial charge in [-0.3, -0.25) is 4.79 Å². The lowest BCUT2D eigenvalue weighted by Crippen LogP contribution is -2.40. The summed E-state index contributed by atoms with van der Waals surface area (Å²) in [7, 11) is 0. The molecule has 3 rings (SSSR count). The lowest BCUT2D eigenvalue weighted by atomic mass is 10.2. The topological polar surface area (TPSA) is 45.2 Å². The fourth-order valence-electron chi connectivity index (χ4n) is 2.50. The second-order valence-electron chi connectivity index (χ2n) is 5.53. The minimum Gasteiger partial charge on any atom is -0.352 e. The van der Waals surface area contributed by atoms with Crippen LogP contribution in [0.4, 0.5) is 10.8 Å². The van der Waals surface area contributed by atoms with Crippen LogP contribution in [-0.2, 0) is 4.79 Å². The predicted molar refractivity (Wildman–Crippen MR) is 97.2 cm³/mol. The quantitative estimate of drug-likeness (QED) is 0.766. The molecule has 1 heterocycles. The number of fused-ring (bicyclic) bond motifs is 1. The monoisotopic (exact) mass is 325 g/mol. The standard InChI is InChI=1S/C18H19N3OS/c1-13(2)21(14-8-4-3-5-9-14)17(22)12-19-18-20-15-10-6-7-11-16(15)23-18/h3-11,13H,12H2,1-2H3,(H,19,20). The summed E-state index contributed by atoms with van der Waals surface area (Å²) in [5.41, 5.74) is 1.87. The van der Waals surface area contributed by atoms with Gasteiger partial charge in [0.1, 0.15) is 0 Å².